The van der Waals surface area contributed by atoms with Gasteiger partial charge in [0.05, 0.1) is 10.6 Å². The highest BCUT2D eigenvalue weighted by Crippen LogP contribution is 2.36. The molecule has 5 nitrogen and oxygen atoms in total. The number of hydrogen-bond acceptors (Lipinski definition) is 4. The Morgan fingerprint density at radius 1 is 1.12 bits per heavy atom. The van der Waals surface area contributed by atoms with Crippen LogP contribution in [-0.2, 0) is 11.0 Å². The van der Waals surface area contributed by atoms with Gasteiger partial charge < -0.3 is 20.3 Å². The molecular formula is C24H28Cl2F3N3O2. The van der Waals surface area contributed by atoms with Crippen molar-refractivity contribution in [2.45, 2.75) is 32.5 Å². The lowest BCUT2D eigenvalue weighted by Gasteiger charge is -2.38. The third-order valence-corrected chi connectivity index (χ3v) is 6.52. The van der Waals surface area contributed by atoms with Crippen LogP contribution in [0.3, 0.4) is 0 Å². The van der Waals surface area contributed by atoms with Gasteiger partial charge in [0, 0.05) is 37.9 Å². The number of carbonyl (C=O) groups is 1. The smallest absolute Gasteiger partial charge is 0.416 e. The van der Waals surface area contributed by atoms with Crippen molar-refractivity contribution in [3.05, 3.63) is 57.6 Å². The molecule has 10 heteroatoms. The van der Waals surface area contributed by atoms with Gasteiger partial charge >= 0.3 is 6.18 Å². The summed E-state index contributed by atoms with van der Waals surface area (Å²) in [6.45, 7) is 5.53. The normalized spacial score (nSPS) is 15.6. The van der Waals surface area contributed by atoms with Crippen LogP contribution in [0.25, 0.3) is 0 Å². The number of ether oxygens (including phenoxy) is 1. The summed E-state index contributed by atoms with van der Waals surface area (Å²) in [6.07, 6.45) is -3.88. The van der Waals surface area contributed by atoms with Crippen LogP contribution in [0, 0.1) is 5.92 Å². The van der Waals surface area contributed by atoms with Crippen LogP contribution < -0.4 is 15.4 Å². The van der Waals surface area contributed by atoms with Crippen LogP contribution in [0.1, 0.15) is 37.4 Å². The standard InChI is InChI=1S/C24H28Cl2F3N3O2/c1-15(2)12-19(30)17-13-16(24(27,28)29)6-7-20(17)31-8-10-32(11-9-31)22(33)14-34-21-5-3-4-18(25)23(21)26/h3-7,13,15,19H,8-12,14,30H2,1-2H3/t19-/m0/s1. The Balaban J connectivity index is 1.67. The second-order valence-corrected chi connectivity index (χ2v) is 9.50. The van der Waals surface area contributed by atoms with Gasteiger partial charge in [-0.15, -0.1) is 0 Å². The predicted octanol–water partition coefficient (Wildman–Crippen LogP) is 5.79. The number of piperazine rings is 1. The summed E-state index contributed by atoms with van der Waals surface area (Å²) >= 11 is 12.1. The zero-order chi connectivity index (χ0) is 25.0. The summed E-state index contributed by atoms with van der Waals surface area (Å²) in [5.41, 5.74) is 6.75. The average Bonchev–Trinajstić information content (AvgIpc) is 2.78. The highest BCUT2D eigenvalue weighted by atomic mass is 35.5. The van der Waals surface area contributed by atoms with Gasteiger partial charge in [-0.2, -0.15) is 13.2 Å². The fourth-order valence-electron chi connectivity index (χ4n) is 3.97. The molecule has 2 aromatic rings. The van der Waals surface area contributed by atoms with Crippen LogP contribution in [-0.4, -0.2) is 43.6 Å². The van der Waals surface area contributed by atoms with Crippen LogP contribution >= 0.6 is 23.2 Å². The van der Waals surface area contributed by atoms with Gasteiger partial charge in [-0.05, 0) is 48.2 Å². The Morgan fingerprint density at radius 2 is 1.79 bits per heavy atom. The van der Waals surface area contributed by atoms with E-state index < -0.39 is 17.8 Å². The van der Waals surface area contributed by atoms with Gasteiger partial charge in [0.2, 0.25) is 0 Å². The van der Waals surface area contributed by atoms with Crippen molar-refractivity contribution in [2.75, 3.05) is 37.7 Å². The number of alkyl halides is 3. The summed E-state index contributed by atoms with van der Waals surface area (Å²) in [6, 6.07) is 8.14. The zero-order valence-corrected chi connectivity index (χ0v) is 20.6. The van der Waals surface area contributed by atoms with Gasteiger partial charge in [-0.1, -0.05) is 43.1 Å². The molecule has 1 fully saturated rings. The van der Waals surface area contributed by atoms with Gasteiger partial charge in [0.15, 0.2) is 6.61 Å². The maximum atomic E-state index is 13.3. The van der Waals surface area contributed by atoms with Crippen molar-refractivity contribution >= 4 is 34.8 Å². The van der Waals surface area contributed by atoms with E-state index in [1.807, 2.05) is 18.7 Å². The molecule has 186 valence electrons. The van der Waals surface area contributed by atoms with Gasteiger partial charge in [-0.3, -0.25) is 4.79 Å². The lowest BCUT2D eigenvalue weighted by Crippen LogP contribution is -2.50. The fraction of sp³-hybridized carbons (Fsp3) is 0.458. The molecule has 0 saturated carbocycles. The first-order chi connectivity index (χ1) is 16.0. The van der Waals surface area contributed by atoms with E-state index in [1.165, 1.54) is 6.07 Å². The minimum atomic E-state index is -4.44. The molecule has 34 heavy (non-hydrogen) atoms. The molecule has 0 spiro atoms. The number of carbonyl (C=O) groups excluding carboxylic acids is 1. The van der Waals surface area contributed by atoms with Crippen molar-refractivity contribution < 1.29 is 22.7 Å². The van der Waals surface area contributed by atoms with E-state index in [2.05, 4.69) is 0 Å². The van der Waals surface area contributed by atoms with E-state index in [9.17, 15) is 18.0 Å². The molecule has 0 bridgehead atoms. The predicted molar refractivity (Wildman–Crippen MR) is 129 cm³/mol. The number of anilines is 1. The Morgan fingerprint density at radius 3 is 2.41 bits per heavy atom. The van der Waals surface area contributed by atoms with Crippen molar-refractivity contribution in [3.63, 3.8) is 0 Å². The lowest BCUT2D eigenvalue weighted by atomic mass is 9.94. The second-order valence-electron chi connectivity index (χ2n) is 8.72. The average molecular weight is 518 g/mol. The van der Waals surface area contributed by atoms with E-state index in [4.69, 9.17) is 33.7 Å². The molecule has 0 unspecified atom stereocenters. The van der Waals surface area contributed by atoms with Gasteiger partial charge in [0.1, 0.15) is 10.8 Å². The van der Waals surface area contributed by atoms with Crippen molar-refractivity contribution in [1.29, 1.82) is 0 Å². The zero-order valence-electron chi connectivity index (χ0n) is 19.0. The topological polar surface area (TPSA) is 58.8 Å². The summed E-state index contributed by atoms with van der Waals surface area (Å²) in [5, 5.41) is 0.581. The summed E-state index contributed by atoms with van der Waals surface area (Å²) in [5.74, 6) is 0.356. The Hall–Kier alpha value is -2.16. The highest BCUT2D eigenvalue weighted by molar-refractivity contribution is 6.42. The molecule has 3 rings (SSSR count). The molecule has 2 N–H and O–H groups in total. The number of nitrogens with zero attached hydrogens (tertiary/aromatic N) is 2. The molecule has 0 aromatic heterocycles. The molecule has 0 aliphatic carbocycles. The quantitative estimate of drug-likeness (QED) is 0.505. The molecule has 1 heterocycles. The molecule has 1 amide bonds. The van der Waals surface area contributed by atoms with E-state index in [0.717, 1.165) is 12.1 Å². The van der Waals surface area contributed by atoms with Crippen molar-refractivity contribution in [1.82, 2.24) is 4.90 Å². The van der Waals surface area contributed by atoms with Crippen LogP contribution in [0.2, 0.25) is 10.0 Å². The summed E-state index contributed by atoms with van der Waals surface area (Å²) in [7, 11) is 0. The number of benzene rings is 2. The number of rotatable bonds is 7. The minimum absolute atomic E-state index is 0.190. The molecule has 1 atom stereocenters. The van der Waals surface area contributed by atoms with Crippen molar-refractivity contribution in [2.24, 2.45) is 11.7 Å². The highest BCUT2D eigenvalue weighted by Gasteiger charge is 2.33. The maximum absolute atomic E-state index is 13.3. The summed E-state index contributed by atoms with van der Waals surface area (Å²) < 4.78 is 45.5. The third kappa shape index (κ3) is 6.49. The number of hydrogen-bond donors (Lipinski definition) is 1. The largest absolute Gasteiger partial charge is 0.482 e. The Kier molecular flexibility index (Phi) is 8.60. The van der Waals surface area contributed by atoms with E-state index in [-0.39, 0.29) is 23.5 Å². The monoisotopic (exact) mass is 517 g/mol. The Bertz CT molecular complexity index is 1010. The molecule has 2 aromatic carbocycles. The van der Waals surface area contributed by atoms with E-state index in [0.29, 0.717) is 54.6 Å². The van der Waals surface area contributed by atoms with E-state index >= 15 is 0 Å². The summed E-state index contributed by atoms with van der Waals surface area (Å²) in [4.78, 5) is 16.3. The fourth-order valence-corrected chi connectivity index (χ4v) is 4.32. The molecule has 1 aliphatic heterocycles. The molecule has 1 saturated heterocycles. The number of amides is 1. The molecule has 1 aliphatic rings. The first-order valence-corrected chi connectivity index (χ1v) is 11.8. The minimum Gasteiger partial charge on any atom is -0.482 e. The number of nitrogens with two attached hydrogens (primary N) is 1. The first-order valence-electron chi connectivity index (χ1n) is 11.0. The SMILES string of the molecule is CC(C)C[C@H](N)c1cc(C(F)(F)F)ccc1N1CCN(C(=O)COc2cccc(Cl)c2Cl)CC1. The lowest BCUT2D eigenvalue weighted by molar-refractivity contribution is -0.137. The molecular weight excluding hydrogens is 490 g/mol. The maximum Gasteiger partial charge on any atom is 0.416 e. The first kappa shape index (κ1) is 26.4. The van der Waals surface area contributed by atoms with Gasteiger partial charge in [0.25, 0.3) is 5.91 Å². The van der Waals surface area contributed by atoms with Crippen LogP contribution in [0.5, 0.6) is 5.75 Å². The second kappa shape index (κ2) is 11.1. The van der Waals surface area contributed by atoms with Crippen LogP contribution in [0.15, 0.2) is 36.4 Å². The number of halogens is 5. The van der Waals surface area contributed by atoms with Gasteiger partial charge in [-0.25, -0.2) is 0 Å². The Labute approximate surface area is 207 Å². The molecule has 0 radical (unpaired) electrons. The van der Waals surface area contributed by atoms with Crippen molar-refractivity contribution in [3.8, 4) is 5.75 Å². The van der Waals surface area contributed by atoms with Crippen LogP contribution in [0.4, 0.5) is 18.9 Å². The third-order valence-electron chi connectivity index (χ3n) is 5.72. The van der Waals surface area contributed by atoms with E-state index in [1.54, 1.807) is 23.1 Å².